The van der Waals surface area contributed by atoms with Crippen LogP contribution in [0.4, 0.5) is 10.5 Å². The van der Waals surface area contributed by atoms with Crippen LogP contribution in [0.2, 0.25) is 0 Å². The number of nitrogens with zero attached hydrogens (tertiary/aromatic N) is 5. The number of rotatable bonds is 10. The molecule has 3 unspecified atom stereocenters. The van der Waals surface area contributed by atoms with E-state index in [1.165, 1.54) is 29.2 Å². The van der Waals surface area contributed by atoms with Gasteiger partial charge in [-0.1, -0.05) is 53.6 Å². The van der Waals surface area contributed by atoms with Crippen LogP contribution < -0.4 is 0 Å². The summed E-state index contributed by atoms with van der Waals surface area (Å²) in [5.74, 6) is 0. The van der Waals surface area contributed by atoms with Crippen molar-refractivity contribution in [1.29, 1.82) is 0 Å². The molecule has 1 fully saturated rings. The van der Waals surface area contributed by atoms with Gasteiger partial charge in [0.15, 0.2) is 0 Å². The summed E-state index contributed by atoms with van der Waals surface area (Å²) in [7, 11) is -3.82. The van der Waals surface area contributed by atoms with Crippen LogP contribution in [0.25, 0.3) is 21.6 Å². The monoisotopic (exact) mass is 581 g/mol. The lowest BCUT2D eigenvalue weighted by atomic mass is 9.96. The summed E-state index contributed by atoms with van der Waals surface area (Å²) in [6.07, 6.45) is -1.87. The predicted molar refractivity (Wildman–Crippen MR) is 148 cm³/mol. The van der Waals surface area contributed by atoms with Crippen LogP contribution in [0.1, 0.15) is 29.2 Å². The third-order valence-corrected chi connectivity index (χ3v) is 7.20. The Morgan fingerprint density at radius 3 is 2.24 bits per heavy atom. The average molecular weight is 582 g/mol. The fourth-order valence-electron chi connectivity index (χ4n) is 4.60. The van der Waals surface area contributed by atoms with Crippen molar-refractivity contribution in [3.05, 3.63) is 110 Å². The van der Waals surface area contributed by atoms with Crippen molar-refractivity contribution in [2.75, 3.05) is 12.8 Å². The number of hydrogen-bond acceptors (Lipinski definition) is 9. The van der Waals surface area contributed by atoms with E-state index in [4.69, 9.17) is 14.5 Å². The first kappa shape index (κ1) is 29.5. The van der Waals surface area contributed by atoms with Gasteiger partial charge in [-0.2, -0.15) is 8.42 Å². The van der Waals surface area contributed by atoms with Gasteiger partial charge in [0.05, 0.1) is 42.5 Å². The second kappa shape index (κ2) is 12.8. The Kier molecular flexibility index (Phi) is 9.20. The standard InChI is InChI=1S/C27H27N5O8S/c1-41(37,38)40-24-14-25(31(16-24)27(34)39-17-19-4-12-23(13-5-19)32(35)36)26(33)22-10-8-21(9-11-22)20-6-2-18(3-7-20)15-29-30-28/h2-13,24-26,33H,14-17H2,1H3. The van der Waals surface area contributed by atoms with Crippen molar-refractivity contribution < 1.29 is 32.2 Å². The van der Waals surface area contributed by atoms with Crippen LogP contribution in [0, 0.1) is 10.1 Å². The molecule has 1 aliphatic rings. The van der Waals surface area contributed by atoms with Gasteiger partial charge in [0, 0.05) is 23.5 Å². The number of aliphatic hydroxyl groups excluding tert-OH is 1. The minimum absolute atomic E-state index is 0.0509. The Morgan fingerprint density at radius 2 is 1.68 bits per heavy atom. The maximum absolute atomic E-state index is 13.0. The molecule has 0 spiro atoms. The number of hydrogen-bond donors (Lipinski definition) is 1. The molecule has 1 amide bonds. The van der Waals surface area contributed by atoms with E-state index in [-0.39, 0.29) is 31.8 Å². The van der Waals surface area contributed by atoms with Crippen LogP contribution >= 0.6 is 0 Å². The number of nitro benzene ring substituents is 1. The first-order chi connectivity index (χ1) is 19.5. The van der Waals surface area contributed by atoms with Gasteiger partial charge in [-0.15, -0.1) is 0 Å². The number of non-ortho nitro benzene ring substituents is 1. The Balaban J connectivity index is 1.48. The van der Waals surface area contributed by atoms with E-state index in [9.17, 15) is 28.4 Å². The van der Waals surface area contributed by atoms with Crippen LogP contribution in [-0.2, 0) is 32.2 Å². The number of amides is 1. The van der Waals surface area contributed by atoms with Crippen molar-refractivity contribution >= 4 is 21.9 Å². The van der Waals surface area contributed by atoms with Gasteiger partial charge in [0.2, 0.25) is 0 Å². The van der Waals surface area contributed by atoms with Crippen molar-refractivity contribution in [3.8, 4) is 11.1 Å². The maximum atomic E-state index is 13.0. The SMILES string of the molecule is CS(=O)(=O)OC1CC(C(O)c2ccc(-c3ccc(CN=[N+]=[N-])cc3)cc2)N(C(=O)OCc2ccc([N+](=O)[O-])cc2)C1. The summed E-state index contributed by atoms with van der Waals surface area (Å²) in [6.45, 7) is -0.0432. The maximum Gasteiger partial charge on any atom is 0.410 e. The highest BCUT2D eigenvalue weighted by Gasteiger charge is 2.42. The van der Waals surface area contributed by atoms with Crippen molar-refractivity contribution in [2.45, 2.75) is 37.8 Å². The van der Waals surface area contributed by atoms with Gasteiger partial charge in [0.25, 0.3) is 15.8 Å². The van der Waals surface area contributed by atoms with Gasteiger partial charge in [-0.3, -0.25) is 19.2 Å². The van der Waals surface area contributed by atoms with Gasteiger partial charge in [-0.05, 0) is 45.5 Å². The summed E-state index contributed by atoms with van der Waals surface area (Å²) in [5.41, 5.74) is 12.1. The first-order valence-electron chi connectivity index (χ1n) is 12.5. The lowest BCUT2D eigenvalue weighted by Crippen LogP contribution is -2.39. The first-order valence-corrected chi connectivity index (χ1v) is 14.3. The largest absolute Gasteiger partial charge is 0.445 e. The van der Waals surface area contributed by atoms with Crippen molar-refractivity contribution in [3.63, 3.8) is 0 Å². The molecule has 3 aromatic carbocycles. The van der Waals surface area contributed by atoms with Crippen LogP contribution in [0.3, 0.4) is 0 Å². The van der Waals surface area contributed by atoms with E-state index >= 15 is 0 Å². The van der Waals surface area contributed by atoms with Crippen LogP contribution in [0.5, 0.6) is 0 Å². The number of aliphatic hydroxyl groups is 1. The molecule has 4 rings (SSSR count). The molecular weight excluding hydrogens is 554 g/mol. The Bertz CT molecular complexity index is 1540. The number of ether oxygens (including phenoxy) is 1. The van der Waals surface area contributed by atoms with E-state index in [0.29, 0.717) is 11.1 Å². The van der Waals surface area contributed by atoms with Crippen LogP contribution in [-0.4, -0.2) is 54.4 Å². The molecule has 3 aromatic rings. The van der Waals surface area contributed by atoms with E-state index in [2.05, 4.69) is 10.0 Å². The second-order valence-corrected chi connectivity index (χ2v) is 11.1. The van der Waals surface area contributed by atoms with Crippen LogP contribution in [0.15, 0.2) is 77.9 Å². The fourth-order valence-corrected chi connectivity index (χ4v) is 5.24. The summed E-state index contributed by atoms with van der Waals surface area (Å²) in [4.78, 5) is 27.3. The highest BCUT2D eigenvalue weighted by atomic mass is 32.2. The molecule has 214 valence electrons. The predicted octanol–water partition coefficient (Wildman–Crippen LogP) is 4.86. The molecule has 0 radical (unpaired) electrons. The topological polar surface area (TPSA) is 185 Å². The minimum atomic E-state index is -3.82. The third-order valence-electron chi connectivity index (χ3n) is 6.58. The smallest absolute Gasteiger partial charge is 0.410 e. The lowest BCUT2D eigenvalue weighted by Gasteiger charge is -2.28. The number of azide groups is 1. The summed E-state index contributed by atoms with van der Waals surface area (Å²) in [6, 6.07) is 19.2. The molecule has 13 nitrogen and oxygen atoms in total. The molecule has 0 aliphatic carbocycles. The third kappa shape index (κ3) is 7.80. The van der Waals surface area contributed by atoms with E-state index in [1.54, 1.807) is 12.1 Å². The minimum Gasteiger partial charge on any atom is -0.445 e. The zero-order chi connectivity index (χ0) is 29.6. The fraction of sp³-hybridized carbons (Fsp3) is 0.296. The van der Waals surface area contributed by atoms with E-state index in [0.717, 1.165) is 22.9 Å². The number of benzene rings is 3. The van der Waals surface area contributed by atoms with E-state index in [1.807, 2.05) is 36.4 Å². The van der Waals surface area contributed by atoms with Crippen molar-refractivity contribution in [1.82, 2.24) is 4.90 Å². The molecule has 14 heteroatoms. The van der Waals surface area contributed by atoms with Gasteiger partial charge in [0.1, 0.15) is 6.61 Å². The van der Waals surface area contributed by atoms with E-state index < -0.39 is 39.4 Å². The molecular formula is C27H27N5O8S. The summed E-state index contributed by atoms with van der Waals surface area (Å²) in [5, 5.41) is 25.6. The number of carbonyl (C=O) groups is 1. The summed E-state index contributed by atoms with van der Waals surface area (Å²) < 4.78 is 34.0. The van der Waals surface area contributed by atoms with Gasteiger partial charge >= 0.3 is 6.09 Å². The molecule has 0 aromatic heterocycles. The molecule has 1 heterocycles. The molecule has 1 aliphatic heterocycles. The van der Waals surface area contributed by atoms with Gasteiger partial charge in [-0.25, -0.2) is 4.79 Å². The average Bonchev–Trinajstić information content (AvgIpc) is 3.37. The quantitative estimate of drug-likeness (QED) is 0.0878. The molecule has 41 heavy (non-hydrogen) atoms. The highest BCUT2D eigenvalue weighted by Crippen LogP contribution is 2.33. The normalized spacial score (nSPS) is 17.5. The number of carbonyl (C=O) groups excluding carboxylic acids is 1. The molecule has 0 bridgehead atoms. The Morgan fingerprint density at radius 1 is 1.10 bits per heavy atom. The number of likely N-dealkylation sites (tertiary alicyclic amines) is 1. The van der Waals surface area contributed by atoms with Crippen molar-refractivity contribution in [2.24, 2.45) is 5.11 Å². The molecule has 1 N–H and O–H groups in total. The van der Waals surface area contributed by atoms with Gasteiger partial charge < -0.3 is 9.84 Å². The molecule has 3 atom stereocenters. The summed E-state index contributed by atoms with van der Waals surface area (Å²) >= 11 is 0. The second-order valence-electron chi connectivity index (χ2n) is 9.51. The zero-order valence-corrected chi connectivity index (χ0v) is 22.8. The molecule has 0 saturated carbocycles. The Labute approximate surface area is 235 Å². The molecule has 1 saturated heterocycles. The number of nitro groups is 1. The Hall–Kier alpha value is -4.49. The highest BCUT2D eigenvalue weighted by molar-refractivity contribution is 7.86. The zero-order valence-electron chi connectivity index (χ0n) is 21.9. The lowest BCUT2D eigenvalue weighted by molar-refractivity contribution is -0.384.